The Morgan fingerprint density at radius 1 is 1.16 bits per heavy atom. The normalized spacial score (nSPS) is 13.0. The number of nitrogens with zero attached hydrogens (tertiary/aromatic N) is 4. The van der Waals surface area contributed by atoms with E-state index in [4.69, 9.17) is 0 Å². The van der Waals surface area contributed by atoms with E-state index in [0.717, 1.165) is 5.56 Å². The zero-order valence-corrected chi connectivity index (χ0v) is 14.9. The number of benzene rings is 1. The highest BCUT2D eigenvalue weighted by atomic mass is 32.1. The zero-order valence-electron chi connectivity index (χ0n) is 14.0. The van der Waals surface area contributed by atoms with E-state index in [9.17, 15) is 15.3 Å². The summed E-state index contributed by atoms with van der Waals surface area (Å²) < 4.78 is 1.46. The van der Waals surface area contributed by atoms with Crippen molar-refractivity contribution >= 4 is 16.3 Å². The predicted octanol–water partition coefficient (Wildman–Crippen LogP) is 1.43. The molecule has 0 aliphatic heterocycles. The second-order valence-corrected chi connectivity index (χ2v) is 6.67. The van der Waals surface area contributed by atoms with Crippen LogP contribution < -0.4 is 0 Å². The van der Waals surface area contributed by atoms with Gasteiger partial charge < -0.3 is 15.3 Å². The maximum atomic E-state index is 10.7. The molecule has 0 saturated carbocycles. The first-order valence-electron chi connectivity index (χ1n) is 8.27. The van der Waals surface area contributed by atoms with Gasteiger partial charge in [-0.2, -0.15) is 4.52 Å². The first-order chi connectivity index (χ1) is 12.2. The fraction of sp³-hybridized carbons (Fsp3) is 0.412. The third kappa shape index (κ3) is 3.52. The van der Waals surface area contributed by atoms with Crippen LogP contribution in [0.2, 0.25) is 0 Å². The van der Waals surface area contributed by atoms with E-state index in [1.54, 1.807) is 0 Å². The molecule has 25 heavy (non-hydrogen) atoms. The molecular weight excluding hydrogens is 340 g/mol. The maximum Gasteiger partial charge on any atom is 0.230 e. The Morgan fingerprint density at radius 2 is 1.84 bits per heavy atom. The molecule has 3 aromatic rings. The van der Waals surface area contributed by atoms with Crippen LogP contribution in [0.1, 0.15) is 29.2 Å². The summed E-state index contributed by atoms with van der Waals surface area (Å²) in [6.07, 6.45) is 0.701. The highest BCUT2D eigenvalue weighted by molar-refractivity contribution is 7.17. The van der Waals surface area contributed by atoms with E-state index in [1.165, 1.54) is 15.9 Å². The van der Waals surface area contributed by atoms with E-state index in [-0.39, 0.29) is 25.1 Å². The molecule has 7 nitrogen and oxygen atoms in total. The number of rotatable bonds is 8. The second kappa shape index (κ2) is 7.92. The Labute approximate surface area is 149 Å². The van der Waals surface area contributed by atoms with Gasteiger partial charge in [0.1, 0.15) is 0 Å². The average Bonchev–Trinajstić information content (AvgIpc) is 3.16. The lowest BCUT2D eigenvalue weighted by atomic mass is 10.0. The number of aryl methyl sites for hydroxylation is 1. The smallest absolute Gasteiger partial charge is 0.230 e. The van der Waals surface area contributed by atoms with Gasteiger partial charge in [-0.15, -0.1) is 5.10 Å². The summed E-state index contributed by atoms with van der Waals surface area (Å²) in [6.45, 7) is 2.66. The summed E-state index contributed by atoms with van der Waals surface area (Å²) in [7, 11) is 0. The Morgan fingerprint density at radius 3 is 2.40 bits per heavy atom. The summed E-state index contributed by atoms with van der Waals surface area (Å²) in [5.74, 6) is 0.744. The van der Waals surface area contributed by atoms with Gasteiger partial charge in [0.05, 0.1) is 24.1 Å². The van der Waals surface area contributed by atoms with Crippen LogP contribution in [0.3, 0.4) is 0 Å². The molecule has 2 heterocycles. The number of fused-ring (bicyclic) bond motifs is 1. The van der Waals surface area contributed by atoms with Crippen molar-refractivity contribution in [2.45, 2.75) is 19.4 Å². The van der Waals surface area contributed by atoms with Crippen LogP contribution in [0.15, 0.2) is 30.3 Å². The van der Waals surface area contributed by atoms with Crippen LogP contribution in [0.4, 0.5) is 0 Å². The number of thiazole rings is 1. The number of aliphatic hydroxyl groups excluding tert-OH is 2. The molecule has 0 spiro atoms. The molecule has 0 saturated heterocycles. The van der Waals surface area contributed by atoms with Crippen molar-refractivity contribution in [3.63, 3.8) is 0 Å². The monoisotopic (exact) mass is 362 g/mol. The van der Waals surface area contributed by atoms with Gasteiger partial charge in [0.15, 0.2) is 5.82 Å². The van der Waals surface area contributed by atoms with Crippen LogP contribution in [0.25, 0.3) is 4.96 Å². The highest BCUT2D eigenvalue weighted by Gasteiger charge is 2.29. The molecule has 0 amide bonds. The lowest BCUT2D eigenvalue weighted by molar-refractivity contribution is 0.136. The van der Waals surface area contributed by atoms with Crippen molar-refractivity contribution in [2.75, 3.05) is 26.3 Å². The summed E-state index contributed by atoms with van der Waals surface area (Å²) in [4.78, 5) is 7.72. The Balaban J connectivity index is 2.10. The van der Waals surface area contributed by atoms with Crippen LogP contribution in [0.5, 0.6) is 5.88 Å². The van der Waals surface area contributed by atoms with Crippen LogP contribution in [-0.4, -0.2) is 61.1 Å². The van der Waals surface area contributed by atoms with Crippen molar-refractivity contribution in [3.8, 4) is 5.88 Å². The van der Waals surface area contributed by atoms with Gasteiger partial charge in [0.2, 0.25) is 10.8 Å². The summed E-state index contributed by atoms with van der Waals surface area (Å²) in [6, 6.07) is 9.44. The molecule has 8 heteroatoms. The summed E-state index contributed by atoms with van der Waals surface area (Å²) in [5.41, 5.74) is 0.972. The molecule has 134 valence electrons. The predicted molar refractivity (Wildman–Crippen MR) is 95.9 cm³/mol. The number of aliphatic hydroxyl groups is 2. The minimum atomic E-state index is -0.293. The summed E-state index contributed by atoms with van der Waals surface area (Å²) in [5, 5.41) is 33.9. The topological polar surface area (TPSA) is 94.1 Å². The number of aromatic hydroxyl groups is 1. The van der Waals surface area contributed by atoms with Crippen molar-refractivity contribution < 1.29 is 15.3 Å². The van der Waals surface area contributed by atoms with Crippen LogP contribution >= 0.6 is 11.3 Å². The lowest BCUT2D eigenvalue weighted by Gasteiger charge is -2.30. The van der Waals surface area contributed by atoms with Crippen LogP contribution in [0, 0.1) is 0 Å². The molecule has 2 aromatic heterocycles. The minimum absolute atomic E-state index is 0.0369. The Hall–Kier alpha value is -2.00. The molecule has 1 aromatic carbocycles. The van der Waals surface area contributed by atoms with E-state index in [2.05, 4.69) is 10.1 Å². The number of hydrogen-bond acceptors (Lipinski definition) is 7. The fourth-order valence-electron chi connectivity index (χ4n) is 2.91. The Kier molecular flexibility index (Phi) is 5.64. The second-order valence-electron chi connectivity index (χ2n) is 5.66. The van der Waals surface area contributed by atoms with E-state index in [1.807, 2.05) is 42.2 Å². The molecule has 3 N–H and O–H groups in total. The summed E-state index contributed by atoms with van der Waals surface area (Å²) >= 11 is 1.38. The van der Waals surface area contributed by atoms with Crippen molar-refractivity contribution in [1.82, 2.24) is 19.5 Å². The van der Waals surface area contributed by atoms with Crippen molar-refractivity contribution in [2.24, 2.45) is 0 Å². The largest absolute Gasteiger partial charge is 0.492 e. The lowest BCUT2D eigenvalue weighted by Crippen LogP contribution is -2.34. The third-order valence-electron chi connectivity index (χ3n) is 4.06. The number of aromatic nitrogens is 3. The van der Waals surface area contributed by atoms with E-state index < -0.39 is 0 Å². The van der Waals surface area contributed by atoms with E-state index in [0.29, 0.717) is 35.2 Å². The molecule has 1 atom stereocenters. The first kappa shape index (κ1) is 17.8. The molecule has 0 aliphatic rings. The van der Waals surface area contributed by atoms with Crippen molar-refractivity contribution in [3.05, 3.63) is 46.6 Å². The SMILES string of the molecule is CCc1nc2sc(C(c3ccccc3)N(CCO)CCO)c(O)n2n1. The van der Waals surface area contributed by atoms with E-state index >= 15 is 0 Å². The van der Waals surface area contributed by atoms with Gasteiger partial charge in [-0.05, 0) is 5.56 Å². The van der Waals surface area contributed by atoms with Gasteiger partial charge >= 0.3 is 0 Å². The van der Waals surface area contributed by atoms with Crippen LogP contribution in [-0.2, 0) is 6.42 Å². The standard InChI is InChI=1S/C17H22N4O3S/c1-2-13-18-17-21(19-13)16(24)15(25-17)14(12-6-4-3-5-7-12)20(8-10-22)9-11-23/h3-7,14,22-24H,2,8-11H2,1H3. The Bertz CT molecular complexity index is 812. The van der Waals surface area contributed by atoms with Gasteiger partial charge in [0.25, 0.3) is 0 Å². The molecule has 1 unspecified atom stereocenters. The van der Waals surface area contributed by atoms with Gasteiger partial charge in [0, 0.05) is 19.5 Å². The van der Waals surface area contributed by atoms with Gasteiger partial charge in [-0.25, -0.2) is 4.98 Å². The third-order valence-corrected chi connectivity index (χ3v) is 5.14. The minimum Gasteiger partial charge on any atom is -0.492 e. The first-order valence-corrected chi connectivity index (χ1v) is 9.09. The molecule has 0 radical (unpaired) electrons. The highest BCUT2D eigenvalue weighted by Crippen LogP contribution is 2.39. The van der Waals surface area contributed by atoms with Gasteiger partial charge in [-0.1, -0.05) is 48.6 Å². The quantitative estimate of drug-likeness (QED) is 0.561. The number of hydrogen-bond donors (Lipinski definition) is 3. The molecule has 0 fully saturated rings. The zero-order chi connectivity index (χ0) is 17.8. The molecule has 3 rings (SSSR count). The average molecular weight is 362 g/mol. The molecule has 0 bridgehead atoms. The maximum absolute atomic E-state index is 10.7. The molecule has 0 aliphatic carbocycles. The van der Waals surface area contributed by atoms with Crippen molar-refractivity contribution in [1.29, 1.82) is 0 Å². The fourth-order valence-corrected chi connectivity index (χ4v) is 4.04. The molecular formula is C17H22N4O3S. The van der Waals surface area contributed by atoms with Gasteiger partial charge in [-0.3, -0.25) is 4.90 Å².